The van der Waals surface area contributed by atoms with Crippen molar-refractivity contribution < 1.29 is 14.0 Å². The molecule has 2 heterocycles. The molecule has 0 radical (unpaired) electrons. The van der Waals surface area contributed by atoms with E-state index >= 15 is 0 Å². The number of anilines is 1. The van der Waals surface area contributed by atoms with Crippen LogP contribution in [-0.4, -0.2) is 36.3 Å². The second-order valence-corrected chi connectivity index (χ2v) is 6.63. The predicted molar refractivity (Wildman–Crippen MR) is 99.7 cm³/mol. The van der Waals surface area contributed by atoms with Crippen molar-refractivity contribution in [2.75, 3.05) is 25.0 Å². The Morgan fingerprint density at radius 1 is 1.15 bits per heavy atom. The number of carbonyl (C=O) groups is 2. The fourth-order valence-electron chi connectivity index (χ4n) is 3.31. The van der Waals surface area contributed by atoms with Crippen molar-refractivity contribution in [1.82, 2.24) is 10.2 Å². The van der Waals surface area contributed by atoms with E-state index in [9.17, 15) is 9.59 Å². The van der Waals surface area contributed by atoms with Crippen LogP contribution in [0.3, 0.4) is 0 Å². The van der Waals surface area contributed by atoms with Crippen LogP contribution in [0.1, 0.15) is 37.1 Å². The van der Waals surface area contributed by atoms with E-state index in [1.54, 1.807) is 18.4 Å². The molecule has 6 nitrogen and oxygen atoms in total. The second kappa shape index (κ2) is 8.67. The molecule has 2 aromatic rings. The Labute approximate surface area is 153 Å². The van der Waals surface area contributed by atoms with Gasteiger partial charge < -0.3 is 15.1 Å². The molecule has 1 atom stereocenters. The predicted octanol–water partition coefficient (Wildman–Crippen LogP) is 2.73. The zero-order valence-corrected chi connectivity index (χ0v) is 15.0. The van der Waals surface area contributed by atoms with Crippen LogP contribution in [0.15, 0.2) is 47.1 Å². The molecule has 2 N–H and O–H groups in total. The van der Waals surface area contributed by atoms with Crippen molar-refractivity contribution in [2.24, 2.45) is 0 Å². The summed E-state index contributed by atoms with van der Waals surface area (Å²) in [7, 11) is 0. The first-order valence-electron chi connectivity index (χ1n) is 9.02. The highest BCUT2D eigenvalue weighted by Crippen LogP contribution is 2.24. The number of amides is 2. The molecule has 3 rings (SSSR count). The smallest absolute Gasteiger partial charge is 0.224 e. The fraction of sp³-hybridized carbons (Fsp3) is 0.400. The highest BCUT2D eigenvalue weighted by molar-refractivity contribution is 5.88. The quantitative estimate of drug-likeness (QED) is 0.801. The van der Waals surface area contributed by atoms with Crippen molar-refractivity contribution in [3.8, 4) is 0 Å². The average Bonchev–Trinajstić information content (AvgIpc) is 3.30. The molecule has 2 amide bonds. The maximum atomic E-state index is 12.3. The molecular weight excluding hydrogens is 330 g/mol. The molecule has 0 saturated carbocycles. The van der Waals surface area contributed by atoms with E-state index in [1.807, 2.05) is 24.3 Å². The van der Waals surface area contributed by atoms with Crippen molar-refractivity contribution >= 4 is 17.5 Å². The van der Waals surface area contributed by atoms with Gasteiger partial charge in [-0.15, -0.1) is 0 Å². The van der Waals surface area contributed by atoms with Gasteiger partial charge in [0.05, 0.1) is 18.7 Å². The molecule has 0 aliphatic carbocycles. The molecule has 0 spiro atoms. The molecule has 1 saturated heterocycles. The lowest BCUT2D eigenvalue weighted by atomic mass is 10.1. The van der Waals surface area contributed by atoms with Crippen molar-refractivity contribution in [2.45, 2.75) is 32.2 Å². The Balaban J connectivity index is 1.54. The molecule has 1 aliphatic heterocycles. The normalized spacial score (nSPS) is 15.6. The third-order valence-corrected chi connectivity index (χ3v) is 4.58. The summed E-state index contributed by atoms with van der Waals surface area (Å²) in [5, 5.41) is 5.75. The van der Waals surface area contributed by atoms with E-state index < -0.39 is 0 Å². The van der Waals surface area contributed by atoms with E-state index in [-0.39, 0.29) is 17.9 Å². The number of hydrogen-bond acceptors (Lipinski definition) is 4. The lowest BCUT2D eigenvalue weighted by Crippen LogP contribution is -2.37. The van der Waals surface area contributed by atoms with E-state index in [1.165, 1.54) is 19.8 Å². The first-order valence-corrected chi connectivity index (χ1v) is 9.02. The number of likely N-dealkylation sites (tertiary alicyclic amines) is 1. The van der Waals surface area contributed by atoms with Gasteiger partial charge in [-0.25, -0.2) is 0 Å². The molecule has 138 valence electrons. The van der Waals surface area contributed by atoms with Crippen LogP contribution in [0.2, 0.25) is 0 Å². The highest BCUT2D eigenvalue weighted by Gasteiger charge is 2.25. The largest absolute Gasteiger partial charge is 0.468 e. The number of nitrogens with one attached hydrogen (secondary N) is 2. The molecule has 1 aromatic heterocycles. The fourth-order valence-corrected chi connectivity index (χ4v) is 3.31. The van der Waals surface area contributed by atoms with Gasteiger partial charge in [-0.1, -0.05) is 12.1 Å². The third-order valence-electron chi connectivity index (χ3n) is 4.58. The lowest BCUT2D eigenvalue weighted by Gasteiger charge is -2.26. The van der Waals surface area contributed by atoms with Gasteiger partial charge in [0.25, 0.3) is 0 Å². The van der Waals surface area contributed by atoms with Gasteiger partial charge in [-0.2, -0.15) is 0 Å². The molecular formula is C20H25N3O3. The number of benzene rings is 1. The molecule has 1 aliphatic rings. The zero-order valence-electron chi connectivity index (χ0n) is 15.0. The Kier molecular flexibility index (Phi) is 6.07. The van der Waals surface area contributed by atoms with Crippen LogP contribution in [-0.2, 0) is 16.0 Å². The van der Waals surface area contributed by atoms with E-state index in [4.69, 9.17) is 4.42 Å². The topological polar surface area (TPSA) is 74.6 Å². The highest BCUT2D eigenvalue weighted by atomic mass is 16.3. The Hall–Kier alpha value is -2.60. The molecule has 6 heteroatoms. The molecule has 0 unspecified atom stereocenters. The van der Waals surface area contributed by atoms with Crippen LogP contribution in [0.4, 0.5) is 5.69 Å². The summed E-state index contributed by atoms with van der Waals surface area (Å²) in [5.74, 6) is 0.765. The lowest BCUT2D eigenvalue weighted by molar-refractivity contribution is -0.120. The Morgan fingerprint density at radius 3 is 2.50 bits per heavy atom. The molecule has 0 bridgehead atoms. The minimum absolute atomic E-state index is 0.0203. The van der Waals surface area contributed by atoms with Crippen molar-refractivity contribution in [3.63, 3.8) is 0 Å². The zero-order chi connectivity index (χ0) is 18.4. The van der Waals surface area contributed by atoms with Crippen LogP contribution >= 0.6 is 0 Å². The summed E-state index contributed by atoms with van der Waals surface area (Å²) in [5.41, 5.74) is 1.64. The Morgan fingerprint density at radius 2 is 1.88 bits per heavy atom. The number of hydrogen-bond donors (Lipinski definition) is 2. The van der Waals surface area contributed by atoms with Crippen LogP contribution in [0.5, 0.6) is 0 Å². The van der Waals surface area contributed by atoms with E-state index in [0.717, 1.165) is 30.1 Å². The summed E-state index contributed by atoms with van der Waals surface area (Å²) < 4.78 is 5.58. The minimum Gasteiger partial charge on any atom is -0.468 e. The third kappa shape index (κ3) is 4.95. The van der Waals surface area contributed by atoms with Crippen molar-refractivity contribution in [3.05, 3.63) is 54.0 Å². The molecule has 26 heavy (non-hydrogen) atoms. The summed E-state index contributed by atoms with van der Waals surface area (Å²) in [4.78, 5) is 25.7. The van der Waals surface area contributed by atoms with Crippen LogP contribution in [0.25, 0.3) is 0 Å². The first-order chi connectivity index (χ1) is 12.6. The number of furan rings is 1. The number of rotatable bonds is 7. The van der Waals surface area contributed by atoms with Gasteiger partial charge in [0.1, 0.15) is 5.76 Å². The monoisotopic (exact) mass is 355 g/mol. The van der Waals surface area contributed by atoms with Gasteiger partial charge in [-0.3, -0.25) is 14.5 Å². The minimum atomic E-state index is -0.110. The van der Waals surface area contributed by atoms with E-state index in [0.29, 0.717) is 13.0 Å². The van der Waals surface area contributed by atoms with Gasteiger partial charge >= 0.3 is 0 Å². The van der Waals surface area contributed by atoms with Crippen LogP contribution < -0.4 is 10.6 Å². The standard InChI is InChI=1S/C20H25N3O3/c1-15(24)22-17-8-6-16(7-9-17)13-20(25)21-14-18(19-5-4-12-26-19)23-10-2-3-11-23/h4-9,12,18H,2-3,10-11,13-14H2,1H3,(H,21,25)(H,22,24)/t18-/m0/s1. The number of carbonyl (C=O) groups excluding carboxylic acids is 2. The van der Waals surface area contributed by atoms with Gasteiger partial charge in [0, 0.05) is 19.2 Å². The first kappa shape index (κ1) is 18.2. The SMILES string of the molecule is CC(=O)Nc1ccc(CC(=O)NC[C@@H](c2ccco2)N2CCCC2)cc1. The van der Waals surface area contributed by atoms with E-state index in [2.05, 4.69) is 15.5 Å². The van der Waals surface area contributed by atoms with Gasteiger partial charge in [0.2, 0.25) is 11.8 Å². The maximum absolute atomic E-state index is 12.3. The van der Waals surface area contributed by atoms with Crippen LogP contribution in [0, 0.1) is 0 Å². The summed E-state index contributed by atoms with van der Waals surface area (Å²) in [6.45, 7) is 4.07. The maximum Gasteiger partial charge on any atom is 0.224 e. The van der Waals surface area contributed by atoms with Gasteiger partial charge in [-0.05, 0) is 55.8 Å². The van der Waals surface area contributed by atoms with Gasteiger partial charge in [0.15, 0.2) is 0 Å². The Bertz CT molecular complexity index is 719. The average molecular weight is 355 g/mol. The second-order valence-electron chi connectivity index (χ2n) is 6.63. The summed E-state index contributed by atoms with van der Waals surface area (Å²) in [6, 6.07) is 11.3. The molecule has 1 fully saturated rings. The summed E-state index contributed by atoms with van der Waals surface area (Å²) in [6.07, 6.45) is 4.36. The van der Waals surface area contributed by atoms with Crippen molar-refractivity contribution in [1.29, 1.82) is 0 Å². The summed E-state index contributed by atoms with van der Waals surface area (Å²) >= 11 is 0. The number of nitrogens with zero attached hydrogens (tertiary/aromatic N) is 1. The molecule has 1 aromatic carbocycles.